The summed E-state index contributed by atoms with van der Waals surface area (Å²) in [5.41, 5.74) is 0. The molecule has 0 aliphatic heterocycles. The number of esters is 2. The lowest BCUT2D eigenvalue weighted by Gasteiger charge is -2.15. The fourth-order valence-corrected chi connectivity index (χ4v) is 8.11. The lowest BCUT2D eigenvalue weighted by Crippen LogP contribution is -2.28. The molecule has 0 rings (SSSR count). The van der Waals surface area contributed by atoms with E-state index in [0.29, 0.717) is 12.8 Å². The lowest BCUT2D eigenvalue weighted by molar-refractivity contribution is -0.161. The fourth-order valence-electron chi connectivity index (χ4n) is 8.11. The number of aliphatic hydroxyl groups is 1. The van der Waals surface area contributed by atoms with Crippen LogP contribution in [0.15, 0.2) is 231 Å². The molecule has 0 saturated carbocycles. The Bertz CT molecular complexity index is 2080. The molecule has 0 aromatic heterocycles. The Kier molecular flexibility index (Phi) is 66.1. The van der Waals surface area contributed by atoms with Gasteiger partial charge in [0.15, 0.2) is 6.10 Å². The third-order valence-corrected chi connectivity index (χ3v) is 13.0. The lowest BCUT2D eigenvalue weighted by atomic mass is 10.0. The van der Waals surface area contributed by atoms with Crippen LogP contribution in [0, 0.1) is 0 Å². The number of hydrogen-bond donors (Lipinski definition) is 1. The van der Waals surface area contributed by atoms with Gasteiger partial charge in [-0.15, -0.1) is 0 Å². The molecule has 0 aliphatic carbocycles. The van der Waals surface area contributed by atoms with E-state index in [1.165, 1.54) is 44.9 Å². The highest BCUT2D eigenvalue weighted by Crippen LogP contribution is 2.14. The molecule has 0 saturated heterocycles. The number of hydrogen-bond acceptors (Lipinski definition) is 5. The molecule has 5 nitrogen and oxygen atoms in total. The number of carbonyl (C=O) groups excluding carboxylic acids is 2. The number of rotatable bonds is 57. The van der Waals surface area contributed by atoms with Gasteiger partial charge in [-0.05, 0) is 154 Å². The molecule has 0 radical (unpaired) electrons. The second kappa shape index (κ2) is 71.2. The van der Waals surface area contributed by atoms with E-state index in [9.17, 15) is 14.7 Å². The predicted molar refractivity (Wildman–Crippen MR) is 370 cm³/mol. The molecule has 5 heteroatoms. The zero-order valence-electron chi connectivity index (χ0n) is 53.1. The third kappa shape index (κ3) is 68.5. The summed E-state index contributed by atoms with van der Waals surface area (Å²) in [5.74, 6) is -0.683. The molecule has 0 heterocycles. The summed E-state index contributed by atoms with van der Waals surface area (Å²) in [6.07, 6.45) is 118. The van der Waals surface area contributed by atoms with Crippen molar-refractivity contribution in [3.63, 3.8) is 0 Å². The van der Waals surface area contributed by atoms with Gasteiger partial charge in [-0.3, -0.25) is 9.59 Å². The minimum Gasteiger partial charge on any atom is -0.462 e. The molecule has 0 aromatic carbocycles. The molecule has 0 aliphatic rings. The number of aliphatic hydroxyl groups excluding tert-OH is 1. The first-order chi connectivity index (χ1) is 41.6. The van der Waals surface area contributed by atoms with Gasteiger partial charge < -0.3 is 14.6 Å². The molecule has 464 valence electrons. The average molecular weight is 1150 g/mol. The molecule has 0 aromatic rings. The second-order valence-corrected chi connectivity index (χ2v) is 20.7. The number of unbranched alkanes of at least 4 members (excludes halogenated alkanes) is 11. The number of carbonyl (C=O) groups is 2. The SMILES string of the molecule is CC/C=C\C/C=C\C/C=C\C/C=C\C/C=C\C/C=C\C/C=C\C/C=C\C/C=C\C/C=C\CCCCCCCCCCCCC(=O)OC(CO)COC(=O)CCC/C=C\C/C=C\C/C=C\C/C=C\C/C=C\C/C=C\C/C=C\C/C=C\C/C=C\CC. The minimum atomic E-state index is -0.818. The van der Waals surface area contributed by atoms with Crippen LogP contribution in [0.4, 0.5) is 0 Å². The molecule has 1 N–H and O–H groups in total. The largest absolute Gasteiger partial charge is 0.462 e. The summed E-state index contributed by atoms with van der Waals surface area (Å²) in [6, 6.07) is 0. The van der Waals surface area contributed by atoms with Gasteiger partial charge in [-0.2, -0.15) is 0 Å². The first-order valence-corrected chi connectivity index (χ1v) is 32.9. The first kappa shape index (κ1) is 78.0. The van der Waals surface area contributed by atoms with Crippen LogP contribution >= 0.6 is 0 Å². The van der Waals surface area contributed by atoms with Crippen molar-refractivity contribution in [1.29, 1.82) is 0 Å². The maximum absolute atomic E-state index is 12.3. The van der Waals surface area contributed by atoms with E-state index in [1.54, 1.807) is 0 Å². The number of ether oxygens (including phenoxy) is 2. The standard InChI is InChI=1S/C79H118O5/c1-3-5-7-9-11-13-15-17-19-21-23-25-27-29-31-33-34-35-36-37-38-39-40-41-42-43-44-46-48-50-52-54-56-58-60-62-64-66-68-70-72-74-79(82)84-77(75-80)76-83-78(81)73-71-69-67-65-63-61-59-57-55-53-51-49-47-45-32-30-28-26-24-22-20-18-16-14-12-10-8-6-4-2/h5-8,11-14,17-20,23-26,29-32,34-35,37-38,40-41,43-44,47-50,53,55,59,61,65,67,77,80H,3-4,9-10,15-16,21-22,27-28,33,36,39,42,45-46,51-52,54,56-58,60,62-64,66,68-76H2,1-2H3/b7-5-,8-6-,13-11-,14-12-,19-17-,20-18-,25-23-,26-24-,31-29-,32-30-,35-34-,38-37-,41-40-,44-43-,49-47-,50-48-,55-53-,61-59-,67-65-. The molecule has 0 bridgehead atoms. The minimum absolute atomic E-state index is 0.113. The molecule has 1 unspecified atom stereocenters. The molecule has 1 atom stereocenters. The third-order valence-electron chi connectivity index (χ3n) is 13.0. The Morgan fingerprint density at radius 2 is 0.488 bits per heavy atom. The Hall–Kier alpha value is -6.04. The van der Waals surface area contributed by atoms with Gasteiger partial charge >= 0.3 is 11.9 Å². The topological polar surface area (TPSA) is 72.8 Å². The van der Waals surface area contributed by atoms with E-state index in [1.807, 2.05) is 0 Å². The first-order valence-electron chi connectivity index (χ1n) is 32.9. The molecule has 84 heavy (non-hydrogen) atoms. The van der Waals surface area contributed by atoms with E-state index in [-0.39, 0.29) is 31.6 Å². The summed E-state index contributed by atoms with van der Waals surface area (Å²) < 4.78 is 10.7. The van der Waals surface area contributed by atoms with Gasteiger partial charge in [0, 0.05) is 12.8 Å². The maximum atomic E-state index is 12.3. The van der Waals surface area contributed by atoms with Crippen LogP contribution in [-0.2, 0) is 19.1 Å². The van der Waals surface area contributed by atoms with E-state index in [4.69, 9.17) is 9.47 Å². The van der Waals surface area contributed by atoms with Crippen molar-refractivity contribution >= 4 is 11.9 Å². The van der Waals surface area contributed by atoms with Crippen molar-refractivity contribution in [2.75, 3.05) is 13.2 Å². The Morgan fingerprint density at radius 1 is 0.274 bits per heavy atom. The van der Waals surface area contributed by atoms with Crippen LogP contribution in [-0.4, -0.2) is 36.4 Å². The van der Waals surface area contributed by atoms with E-state index < -0.39 is 6.10 Å². The van der Waals surface area contributed by atoms with Crippen molar-refractivity contribution in [1.82, 2.24) is 0 Å². The number of allylic oxidation sites excluding steroid dienone is 38. The summed E-state index contributed by atoms with van der Waals surface area (Å²) in [6.45, 7) is 3.84. The monoisotopic (exact) mass is 1150 g/mol. The van der Waals surface area contributed by atoms with Gasteiger partial charge in [-0.1, -0.05) is 296 Å². The highest BCUT2D eigenvalue weighted by Gasteiger charge is 2.16. The molecule has 0 spiro atoms. The van der Waals surface area contributed by atoms with E-state index in [0.717, 1.165) is 154 Å². The Balaban J connectivity index is 3.68. The quantitative estimate of drug-likeness (QED) is 0.0373. The Labute approximate surface area is 515 Å². The van der Waals surface area contributed by atoms with Gasteiger partial charge in [0.2, 0.25) is 0 Å². The molecular formula is C79H118O5. The van der Waals surface area contributed by atoms with Gasteiger partial charge in [0.25, 0.3) is 0 Å². The van der Waals surface area contributed by atoms with Crippen LogP contribution in [0.3, 0.4) is 0 Å². The van der Waals surface area contributed by atoms with Gasteiger partial charge in [0.05, 0.1) is 6.61 Å². The van der Waals surface area contributed by atoms with Crippen molar-refractivity contribution in [3.05, 3.63) is 231 Å². The molecule has 0 fully saturated rings. The van der Waals surface area contributed by atoms with Crippen molar-refractivity contribution in [2.45, 2.75) is 238 Å². The fraction of sp³-hybridized carbons (Fsp3) is 0.494. The van der Waals surface area contributed by atoms with Gasteiger partial charge in [-0.25, -0.2) is 0 Å². The van der Waals surface area contributed by atoms with Gasteiger partial charge in [0.1, 0.15) is 6.61 Å². The van der Waals surface area contributed by atoms with Crippen LogP contribution in [0.1, 0.15) is 232 Å². The highest BCUT2D eigenvalue weighted by molar-refractivity contribution is 5.70. The smallest absolute Gasteiger partial charge is 0.306 e. The summed E-state index contributed by atoms with van der Waals surface area (Å²) in [5, 5.41) is 9.68. The normalized spacial score (nSPS) is 13.8. The maximum Gasteiger partial charge on any atom is 0.306 e. The highest BCUT2D eigenvalue weighted by atomic mass is 16.6. The summed E-state index contributed by atoms with van der Waals surface area (Å²) in [7, 11) is 0. The average Bonchev–Trinajstić information content (AvgIpc) is 3.51. The van der Waals surface area contributed by atoms with Crippen LogP contribution < -0.4 is 0 Å². The second-order valence-electron chi connectivity index (χ2n) is 20.7. The predicted octanol–water partition coefficient (Wildman–Crippen LogP) is 23.3. The zero-order chi connectivity index (χ0) is 60.5. The van der Waals surface area contributed by atoms with Crippen molar-refractivity contribution in [2.24, 2.45) is 0 Å². The van der Waals surface area contributed by atoms with Crippen molar-refractivity contribution < 1.29 is 24.2 Å². The zero-order valence-corrected chi connectivity index (χ0v) is 53.1. The molecular weight excluding hydrogens is 1030 g/mol. The van der Waals surface area contributed by atoms with Crippen LogP contribution in [0.5, 0.6) is 0 Å². The van der Waals surface area contributed by atoms with E-state index >= 15 is 0 Å². The van der Waals surface area contributed by atoms with Crippen LogP contribution in [0.25, 0.3) is 0 Å². The summed E-state index contributed by atoms with van der Waals surface area (Å²) >= 11 is 0. The Morgan fingerprint density at radius 3 is 0.750 bits per heavy atom. The van der Waals surface area contributed by atoms with Crippen molar-refractivity contribution in [3.8, 4) is 0 Å². The van der Waals surface area contributed by atoms with Crippen LogP contribution in [0.2, 0.25) is 0 Å². The van der Waals surface area contributed by atoms with E-state index in [2.05, 4.69) is 245 Å². The summed E-state index contributed by atoms with van der Waals surface area (Å²) in [4.78, 5) is 24.6. The molecule has 0 amide bonds.